The highest BCUT2D eigenvalue weighted by molar-refractivity contribution is 7.91. The monoisotopic (exact) mass is 406 g/mol. The molecule has 0 radical (unpaired) electrons. The van der Waals surface area contributed by atoms with Crippen molar-refractivity contribution in [3.05, 3.63) is 40.8 Å². The van der Waals surface area contributed by atoms with Crippen LogP contribution in [0.15, 0.2) is 18.3 Å². The molecule has 0 saturated carbocycles. The Labute approximate surface area is 165 Å². The first-order valence-electron chi connectivity index (χ1n) is 9.31. The molecule has 9 heteroatoms. The van der Waals surface area contributed by atoms with Crippen LogP contribution in [0.5, 0.6) is 5.88 Å². The highest BCUT2D eigenvalue weighted by Crippen LogP contribution is 2.27. The van der Waals surface area contributed by atoms with E-state index in [2.05, 4.69) is 10.1 Å². The van der Waals surface area contributed by atoms with Crippen LogP contribution in [0.4, 0.5) is 0 Å². The lowest BCUT2D eigenvalue weighted by Crippen LogP contribution is -2.27. The molecule has 28 heavy (non-hydrogen) atoms. The molecule has 0 aromatic carbocycles. The first kappa shape index (κ1) is 20.3. The molecule has 8 nitrogen and oxygen atoms in total. The van der Waals surface area contributed by atoms with Gasteiger partial charge in [-0.3, -0.25) is 9.48 Å². The van der Waals surface area contributed by atoms with Crippen LogP contribution >= 0.6 is 0 Å². The minimum absolute atomic E-state index is 0.122. The number of amides is 1. The Balaban J connectivity index is 1.81. The molecule has 1 amide bonds. The van der Waals surface area contributed by atoms with Crippen LogP contribution in [0.2, 0.25) is 0 Å². The fourth-order valence-corrected chi connectivity index (χ4v) is 5.26. The van der Waals surface area contributed by atoms with Crippen LogP contribution in [0.25, 0.3) is 0 Å². The Morgan fingerprint density at radius 3 is 2.79 bits per heavy atom. The van der Waals surface area contributed by atoms with Gasteiger partial charge in [-0.1, -0.05) is 0 Å². The molecule has 2 aromatic rings. The topological polar surface area (TPSA) is 94.4 Å². The van der Waals surface area contributed by atoms with E-state index >= 15 is 0 Å². The summed E-state index contributed by atoms with van der Waals surface area (Å²) in [5, 5.41) is 4.57. The van der Waals surface area contributed by atoms with Gasteiger partial charge in [0.1, 0.15) is 5.56 Å². The van der Waals surface area contributed by atoms with Crippen LogP contribution in [0, 0.1) is 13.8 Å². The fraction of sp³-hybridized carbons (Fsp3) is 0.526. The fourth-order valence-electron chi connectivity index (χ4n) is 3.57. The molecule has 3 rings (SSSR count). The standard InChI is InChI=1S/C19H26N4O4S/c1-5-27-18-16(7-6-9-20-18)19(24)22(4)11-17-13(2)21-23(14(17)3)15-8-10-28(25,26)12-15/h6-7,9,15H,5,8,10-12H2,1-4H3/t15-/m1/s1. The molecule has 0 N–H and O–H groups in total. The first-order chi connectivity index (χ1) is 13.2. The maximum Gasteiger partial charge on any atom is 0.259 e. The predicted octanol–water partition coefficient (Wildman–Crippen LogP) is 1.93. The van der Waals surface area contributed by atoms with Gasteiger partial charge in [0.25, 0.3) is 5.91 Å². The van der Waals surface area contributed by atoms with Crippen LogP contribution in [-0.2, 0) is 16.4 Å². The van der Waals surface area contributed by atoms with Gasteiger partial charge in [0.15, 0.2) is 9.84 Å². The number of pyridine rings is 1. The summed E-state index contributed by atoms with van der Waals surface area (Å²) in [6.45, 7) is 6.45. The Kier molecular flexibility index (Phi) is 5.74. The zero-order valence-corrected chi connectivity index (χ0v) is 17.5. The summed E-state index contributed by atoms with van der Waals surface area (Å²) < 4.78 is 30.9. The van der Waals surface area contributed by atoms with E-state index in [9.17, 15) is 13.2 Å². The van der Waals surface area contributed by atoms with Crippen molar-refractivity contribution in [2.45, 2.75) is 39.8 Å². The van der Waals surface area contributed by atoms with Crippen molar-refractivity contribution >= 4 is 15.7 Å². The SMILES string of the molecule is CCOc1ncccc1C(=O)N(C)Cc1c(C)nn([C@@H]2CCS(=O)(=O)C2)c1C. The maximum absolute atomic E-state index is 12.9. The van der Waals surface area contributed by atoms with Crippen molar-refractivity contribution in [2.24, 2.45) is 0 Å². The van der Waals surface area contributed by atoms with E-state index < -0.39 is 9.84 Å². The van der Waals surface area contributed by atoms with Crippen LogP contribution in [0.1, 0.15) is 46.7 Å². The number of nitrogens with zero attached hydrogens (tertiary/aromatic N) is 4. The number of aryl methyl sites for hydroxylation is 1. The average molecular weight is 407 g/mol. The smallest absolute Gasteiger partial charge is 0.259 e. The van der Waals surface area contributed by atoms with Gasteiger partial charge in [0.05, 0.1) is 29.8 Å². The van der Waals surface area contributed by atoms with E-state index in [1.165, 1.54) is 0 Å². The number of rotatable bonds is 6. The van der Waals surface area contributed by atoms with Gasteiger partial charge in [0, 0.05) is 31.0 Å². The van der Waals surface area contributed by atoms with Crippen LogP contribution in [-0.4, -0.2) is 59.1 Å². The average Bonchev–Trinajstić information content (AvgIpc) is 3.15. The number of sulfone groups is 1. The third kappa shape index (κ3) is 4.04. The lowest BCUT2D eigenvalue weighted by Gasteiger charge is -2.19. The minimum atomic E-state index is -2.99. The first-order valence-corrected chi connectivity index (χ1v) is 11.1. The summed E-state index contributed by atoms with van der Waals surface area (Å²) in [6, 6.07) is 3.27. The Morgan fingerprint density at radius 1 is 1.39 bits per heavy atom. The van der Waals surface area contributed by atoms with Gasteiger partial charge in [-0.05, 0) is 39.3 Å². The number of hydrogen-bond acceptors (Lipinski definition) is 6. The van der Waals surface area contributed by atoms with Crippen molar-refractivity contribution in [1.82, 2.24) is 19.7 Å². The summed E-state index contributed by atoms with van der Waals surface area (Å²) in [5.74, 6) is 0.454. The lowest BCUT2D eigenvalue weighted by atomic mass is 10.1. The lowest BCUT2D eigenvalue weighted by molar-refractivity contribution is 0.0779. The van der Waals surface area contributed by atoms with Crippen molar-refractivity contribution in [3.8, 4) is 5.88 Å². The molecular weight excluding hydrogens is 380 g/mol. The summed E-state index contributed by atoms with van der Waals surface area (Å²) in [7, 11) is -1.27. The van der Waals surface area contributed by atoms with Crippen molar-refractivity contribution in [3.63, 3.8) is 0 Å². The zero-order chi connectivity index (χ0) is 20.5. The molecule has 1 fully saturated rings. The normalized spacial score (nSPS) is 18.2. The zero-order valence-electron chi connectivity index (χ0n) is 16.7. The Morgan fingerprint density at radius 2 is 2.14 bits per heavy atom. The highest BCUT2D eigenvalue weighted by Gasteiger charge is 2.31. The summed E-state index contributed by atoms with van der Waals surface area (Å²) in [4.78, 5) is 18.7. The highest BCUT2D eigenvalue weighted by atomic mass is 32.2. The van der Waals surface area contributed by atoms with E-state index in [-0.39, 0.29) is 23.5 Å². The van der Waals surface area contributed by atoms with Crippen molar-refractivity contribution < 1.29 is 17.9 Å². The van der Waals surface area contributed by atoms with E-state index in [0.29, 0.717) is 31.0 Å². The molecule has 0 bridgehead atoms. The molecule has 1 saturated heterocycles. The van der Waals surface area contributed by atoms with E-state index in [4.69, 9.17) is 4.74 Å². The molecule has 0 spiro atoms. The number of hydrogen-bond donors (Lipinski definition) is 0. The Bertz CT molecular complexity index is 984. The molecule has 2 aromatic heterocycles. The van der Waals surface area contributed by atoms with Gasteiger partial charge in [-0.15, -0.1) is 0 Å². The summed E-state index contributed by atoms with van der Waals surface area (Å²) >= 11 is 0. The Hall–Kier alpha value is -2.42. The van der Waals surface area contributed by atoms with Gasteiger partial charge < -0.3 is 9.64 Å². The number of aromatic nitrogens is 3. The molecule has 1 aliphatic heterocycles. The maximum atomic E-state index is 12.9. The molecule has 0 unspecified atom stereocenters. The van der Waals surface area contributed by atoms with Gasteiger partial charge in [0.2, 0.25) is 5.88 Å². The second-order valence-electron chi connectivity index (χ2n) is 7.10. The van der Waals surface area contributed by atoms with Gasteiger partial charge in [-0.2, -0.15) is 5.10 Å². The van der Waals surface area contributed by atoms with E-state index in [0.717, 1.165) is 17.0 Å². The molecule has 0 aliphatic carbocycles. The largest absolute Gasteiger partial charge is 0.477 e. The summed E-state index contributed by atoms with van der Waals surface area (Å²) in [6.07, 6.45) is 2.17. The van der Waals surface area contributed by atoms with Crippen molar-refractivity contribution in [1.29, 1.82) is 0 Å². The van der Waals surface area contributed by atoms with Gasteiger partial charge >= 0.3 is 0 Å². The number of carbonyl (C=O) groups excluding carboxylic acids is 1. The number of carbonyl (C=O) groups is 1. The van der Waals surface area contributed by atoms with Crippen LogP contribution < -0.4 is 4.74 Å². The van der Waals surface area contributed by atoms with E-state index in [1.807, 2.05) is 25.5 Å². The summed E-state index contributed by atoms with van der Waals surface area (Å²) in [5.41, 5.74) is 3.05. The third-order valence-electron chi connectivity index (χ3n) is 5.05. The van der Waals surface area contributed by atoms with Crippen molar-refractivity contribution in [2.75, 3.05) is 25.2 Å². The molecule has 152 valence electrons. The predicted molar refractivity (Wildman–Crippen MR) is 105 cm³/mol. The second kappa shape index (κ2) is 7.90. The third-order valence-corrected chi connectivity index (χ3v) is 6.80. The van der Waals surface area contributed by atoms with E-state index in [1.54, 1.807) is 30.3 Å². The second-order valence-corrected chi connectivity index (χ2v) is 9.33. The molecule has 1 aliphatic rings. The quantitative estimate of drug-likeness (QED) is 0.727. The van der Waals surface area contributed by atoms with Crippen LogP contribution in [0.3, 0.4) is 0 Å². The number of ether oxygens (including phenoxy) is 1. The molecule has 1 atom stereocenters. The van der Waals surface area contributed by atoms with Gasteiger partial charge in [-0.25, -0.2) is 13.4 Å². The molecular formula is C19H26N4O4S. The minimum Gasteiger partial charge on any atom is -0.477 e. The molecule has 3 heterocycles.